The third-order valence-electron chi connectivity index (χ3n) is 3.60. The molecule has 1 atom stereocenters. The smallest absolute Gasteiger partial charge is 0.312 e. The molecular weight excluding hydrogens is 318 g/mol. The summed E-state index contributed by atoms with van der Waals surface area (Å²) in [6, 6.07) is 0.499. The highest BCUT2D eigenvalue weighted by molar-refractivity contribution is 9.10. The van der Waals surface area contributed by atoms with Crippen LogP contribution >= 0.6 is 15.9 Å². The number of rotatable bonds is 8. The molecule has 5 heteroatoms. The van der Waals surface area contributed by atoms with Crippen LogP contribution in [-0.2, 0) is 6.54 Å². The van der Waals surface area contributed by atoms with Crippen molar-refractivity contribution in [1.82, 2.24) is 14.9 Å². The van der Waals surface area contributed by atoms with Crippen molar-refractivity contribution in [3.8, 4) is 0 Å². The molecule has 1 aromatic heterocycles. The lowest BCUT2D eigenvalue weighted by Gasteiger charge is -2.16. The van der Waals surface area contributed by atoms with Crippen molar-refractivity contribution >= 4 is 15.9 Å². The number of aryl methyl sites for hydroxylation is 1. The van der Waals surface area contributed by atoms with Crippen LogP contribution in [0.4, 0.5) is 0 Å². The molecule has 1 N–H and O–H groups in total. The van der Waals surface area contributed by atoms with Crippen LogP contribution in [0, 0.1) is 13.8 Å². The number of nitrogens with one attached hydrogen (secondary N) is 1. The van der Waals surface area contributed by atoms with Gasteiger partial charge in [-0.1, -0.05) is 26.2 Å². The van der Waals surface area contributed by atoms with Crippen LogP contribution in [0.15, 0.2) is 9.27 Å². The maximum absolute atomic E-state index is 11.9. The largest absolute Gasteiger partial charge is 0.348 e. The Morgan fingerprint density at radius 1 is 1.35 bits per heavy atom. The van der Waals surface area contributed by atoms with Crippen LogP contribution < -0.4 is 11.0 Å². The molecule has 1 heterocycles. The Morgan fingerprint density at radius 3 is 2.70 bits per heavy atom. The first kappa shape index (κ1) is 17.4. The molecule has 20 heavy (non-hydrogen) atoms. The zero-order chi connectivity index (χ0) is 15.1. The van der Waals surface area contributed by atoms with E-state index in [0.29, 0.717) is 12.6 Å². The minimum Gasteiger partial charge on any atom is -0.312 e. The van der Waals surface area contributed by atoms with E-state index in [9.17, 15) is 4.79 Å². The quantitative estimate of drug-likeness (QED) is 0.737. The minimum atomic E-state index is -0.163. The zero-order valence-corrected chi connectivity index (χ0v) is 14.6. The van der Waals surface area contributed by atoms with Crippen molar-refractivity contribution in [2.45, 2.75) is 66.0 Å². The standard InChI is InChI=1S/C15H26BrN3O/c1-5-6-7-8-11(2)17-9-10-19-13(4)14(16)12(3)18-15(19)20/h11,17H,5-10H2,1-4H3. The van der Waals surface area contributed by atoms with E-state index in [1.807, 2.05) is 13.8 Å². The molecule has 1 aromatic rings. The van der Waals surface area contributed by atoms with E-state index in [-0.39, 0.29) is 5.69 Å². The molecule has 0 aliphatic carbocycles. The number of hydrogen-bond acceptors (Lipinski definition) is 3. The molecule has 1 unspecified atom stereocenters. The normalized spacial score (nSPS) is 12.7. The summed E-state index contributed by atoms with van der Waals surface area (Å²) in [5, 5.41) is 3.48. The molecule has 0 aliphatic rings. The summed E-state index contributed by atoms with van der Waals surface area (Å²) in [6.45, 7) is 9.67. The van der Waals surface area contributed by atoms with Crippen molar-refractivity contribution in [2.24, 2.45) is 0 Å². The summed E-state index contributed by atoms with van der Waals surface area (Å²) in [4.78, 5) is 15.9. The van der Waals surface area contributed by atoms with E-state index in [0.717, 1.165) is 22.4 Å². The molecule has 0 spiro atoms. The van der Waals surface area contributed by atoms with Crippen LogP contribution in [0.25, 0.3) is 0 Å². The Morgan fingerprint density at radius 2 is 2.05 bits per heavy atom. The van der Waals surface area contributed by atoms with Crippen LogP contribution in [0.3, 0.4) is 0 Å². The number of unbranched alkanes of at least 4 members (excludes halogenated alkanes) is 2. The molecule has 0 bridgehead atoms. The average Bonchev–Trinajstić information content (AvgIpc) is 2.40. The number of halogens is 1. The lowest BCUT2D eigenvalue weighted by atomic mass is 10.1. The van der Waals surface area contributed by atoms with E-state index in [1.165, 1.54) is 25.7 Å². The molecule has 4 nitrogen and oxygen atoms in total. The van der Waals surface area contributed by atoms with Gasteiger partial charge in [0.05, 0.1) is 10.2 Å². The fourth-order valence-electron chi connectivity index (χ4n) is 2.27. The summed E-state index contributed by atoms with van der Waals surface area (Å²) in [6.07, 6.45) is 5.00. The van der Waals surface area contributed by atoms with Gasteiger partial charge in [-0.15, -0.1) is 0 Å². The van der Waals surface area contributed by atoms with E-state index in [4.69, 9.17) is 0 Å². The molecule has 0 saturated heterocycles. The molecule has 0 fully saturated rings. The highest BCUT2D eigenvalue weighted by Gasteiger charge is 2.09. The number of nitrogens with zero attached hydrogens (tertiary/aromatic N) is 2. The fourth-order valence-corrected chi connectivity index (χ4v) is 2.57. The van der Waals surface area contributed by atoms with Crippen molar-refractivity contribution in [2.75, 3.05) is 6.54 Å². The highest BCUT2D eigenvalue weighted by Crippen LogP contribution is 2.16. The van der Waals surface area contributed by atoms with Crippen molar-refractivity contribution in [3.63, 3.8) is 0 Å². The van der Waals surface area contributed by atoms with Gasteiger partial charge in [-0.3, -0.25) is 4.57 Å². The Balaban J connectivity index is 2.50. The predicted molar refractivity (Wildman–Crippen MR) is 87.3 cm³/mol. The van der Waals surface area contributed by atoms with Gasteiger partial charge in [0.15, 0.2) is 0 Å². The van der Waals surface area contributed by atoms with E-state index in [2.05, 4.69) is 40.1 Å². The van der Waals surface area contributed by atoms with Gasteiger partial charge in [0.25, 0.3) is 0 Å². The molecule has 0 amide bonds. The Kier molecular flexibility index (Phi) is 7.45. The molecular formula is C15H26BrN3O. The fraction of sp³-hybridized carbons (Fsp3) is 0.733. The molecule has 0 aromatic carbocycles. The number of aromatic nitrogens is 2. The third-order valence-corrected chi connectivity index (χ3v) is 4.75. The summed E-state index contributed by atoms with van der Waals surface area (Å²) in [5.74, 6) is 0. The van der Waals surface area contributed by atoms with Crippen molar-refractivity contribution in [1.29, 1.82) is 0 Å². The van der Waals surface area contributed by atoms with Gasteiger partial charge in [0.2, 0.25) is 0 Å². The number of hydrogen-bond donors (Lipinski definition) is 1. The minimum absolute atomic E-state index is 0.163. The summed E-state index contributed by atoms with van der Waals surface area (Å²) < 4.78 is 2.65. The van der Waals surface area contributed by atoms with Gasteiger partial charge in [0, 0.05) is 24.8 Å². The lowest BCUT2D eigenvalue weighted by molar-refractivity contribution is 0.462. The summed E-state index contributed by atoms with van der Waals surface area (Å²) in [5.41, 5.74) is 1.54. The zero-order valence-electron chi connectivity index (χ0n) is 13.0. The monoisotopic (exact) mass is 343 g/mol. The maximum atomic E-state index is 11.9. The van der Waals surface area contributed by atoms with Crippen molar-refractivity contribution < 1.29 is 0 Å². The second-order valence-electron chi connectivity index (χ2n) is 5.38. The van der Waals surface area contributed by atoms with E-state index in [1.54, 1.807) is 4.57 Å². The topological polar surface area (TPSA) is 46.9 Å². The Bertz CT molecular complexity index is 485. The van der Waals surface area contributed by atoms with Gasteiger partial charge in [0.1, 0.15) is 0 Å². The van der Waals surface area contributed by atoms with Gasteiger partial charge < -0.3 is 5.32 Å². The second kappa shape index (κ2) is 8.57. The van der Waals surface area contributed by atoms with E-state index < -0.39 is 0 Å². The Labute approximate surface area is 130 Å². The average molecular weight is 344 g/mol. The maximum Gasteiger partial charge on any atom is 0.348 e. The first-order valence-electron chi connectivity index (χ1n) is 7.44. The summed E-state index contributed by atoms with van der Waals surface area (Å²) >= 11 is 3.48. The molecule has 114 valence electrons. The van der Waals surface area contributed by atoms with Gasteiger partial charge in [-0.05, 0) is 43.1 Å². The van der Waals surface area contributed by atoms with Gasteiger partial charge in [-0.2, -0.15) is 4.98 Å². The first-order valence-corrected chi connectivity index (χ1v) is 8.23. The summed E-state index contributed by atoms with van der Waals surface area (Å²) in [7, 11) is 0. The van der Waals surface area contributed by atoms with Crippen LogP contribution in [0.2, 0.25) is 0 Å². The van der Waals surface area contributed by atoms with Crippen LogP contribution in [-0.4, -0.2) is 22.1 Å². The molecule has 0 radical (unpaired) electrons. The molecule has 0 saturated carbocycles. The SMILES string of the molecule is CCCCCC(C)NCCn1c(C)c(Br)c(C)nc1=O. The lowest BCUT2D eigenvalue weighted by Crippen LogP contribution is -2.34. The molecule has 1 rings (SSSR count). The molecule has 0 aliphatic heterocycles. The first-order chi connectivity index (χ1) is 9.47. The van der Waals surface area contributed by atoms with E-state index >= 15 is 0 Å². The second-order valence-corrected chi connectivity index (χ2v) is 6.17. The van der Waals surface area contributed by atoms with Gasteiger partial charge in [-0.25, -0.2) is 4.79 Å². The third kappa shape index (κ3) is 5.02. The van der Waals surface area contributed by atoms with Gasteiger partial charge >= 0.3 is 5.69 Å². The highest BCUT2D eigenvalue weighted by atomic mass is 79.9. The Hall–Kier alpha value is -0.680. The predicted octanol–water partition coefficient (Wildman–Crippen LogP) is 3.18. The van der Waals surface area contributed by atoms with Crippen molar-refractivity contribution in [3.05, 3.63) is 26.3 Å². The van der Waals surface area contributed by atoms with Crippen LogP contribution in [0.5, 0.6) is 0 Å². The van der Waals surface area contributed by atoms with Crippen LogP contribution in [0.1, 0.15) is 50.9 Å².